The van der Waals surface area contributed by atoms with Crippen LogP contribution in [0.1, 0.15) is 31.5 Å². The van der Waals surface area contributed by atoms with Crippen LogP contribution in [0.3, 0.4) is 0 Å². The van der Waals surface area contributed by atoms with Crippen molar-refractivity contribution in [3.63, 3.8) is 0 Å². The number of nitrogens with zero attached hydrogens (tertiary/aromatic N) is 4. The average Bonchev–Trinajstić information content (AvgIpc) is 3.20. The molecule has 0 spiro atoms. The van der Waals surface area contributed by atoms with Crippen molar-refractivity contribution in [2.75, 3.05) is 31.2 Å². The van der Waals surface area contributed by atoms with Gasteiger partial charge in [0.05, 0.1) is 29.8 Å². The highest BCUT2D eigenvalue weighted by Gasteiger charge is 2.36. The van der Waals surface area contributed by atoms with Gasteiger partial charge in [0.25, 0.3) is 5.91 Å². The summed E-state index contributed by atoms with van der Waals surface area (Å²) in [5.41, 5.74) is 0.318. The van der Waals surface area contributed by atoms with Crippen molar-refractivity contribution in [1.82, 2.24) is 14.4 Å². The van der Waals surface area contributed by atoms with Gasteiger partial charge in [-0.15, -0.1) is 0 Å². The van der Waals surface area contributed by atoms with Gasteiger partial charge in [-0.3, -0.25) is 14.5 Å². The Kier molecular flexibility index (Phi) is 6.59. The minimum Gasteiger partial charge on any atom is -0.482 e. The normalized spacial score (nSPS) is 17.5. The second-order valence-electron chi connectivity index (χ2n) is 7.68. The molecular formula is C20H23ClN4O7S. The van der Waals surface area contributed by atoms with Gasteiger partial charge in [-0.05, 0) is 25.8 Å². The smallest absolute Gasteiger partial charge is 0.309 e. The summed E-state index contributed by atoms with van der Waals surface area (Å²) in [5, 5.41) is 3.75. The van der Waals surface area contributed by atoms with E-state index in [1.54, 1.807) is 13.8 Å². The quantitative estimate of drug-likeness (QED) is 0.547. The second-order valence-corrected chi connectivity index (χ2v) is 9.99. The number of piperidine rings is 1. The summed E-state index contributed by atoms with van der Waals surface area (Å²) in [4.78, 5) is 29.8. The van der Waals surface area contributed by atoms with E-state index in [4.69, 9.17) is 25.6 Å². The van der Waals surface area contributed by atoms with Crippen LogP contribution >= 0.6 is 11.6 Å². The summed E-state index contributed by atoms with van der Waals surface area (Å²) < 4.78 is 43.4. The summed E-state index contributed by atoms with van der Waals surface area (Å²) in [6.07, 6.45) is 0.729. The molecule has 1 aromatic carbocycles. The highest BCUT2D eigenvalue weighted by atomic mass is 35.5. The molecule has 11 nitrogen and oxygen atoms in total. The van der Waals surface area contributed by atoms with E-state index in [1.165, 1.54) is 21.3 Å². The maximum atomic E-state index is 13.3. The average molecular weight is 499 g/mol. The number of halogens is 1. The van der Waals surface area contributed by atoms with Crippen LogP contribution in [0.15, 0.2) is 21.6 Å². The van der Waals surface area contributed by atoms with Crippen LogP contribution in [-0.2, 0) is 30.9 Å². The number of aromatic nitrogens is 2. The van der Waals surface area contributed by atoms with Gasteiger partial charge in [0.1, 0.15) is 10.6 Å². The molecule has 2 aromatic rings. The molecule has 1 saturated heterocycles. The summed E-state index contributed by atoms with van der Waals surface area (Å²) in [6, 6.07) is 2.71. The lowest BCUT2D eigenvalue weighted by atomic mass is 9.98. The molecule has 1 amide bonds. The van der Waals surface area contributed by atoms with Crippen molar-refractivity contribution in [2.24, 2.45) is 5.92 Å². The summed E-state index contributed by atoms with van der Waals surface area (Å²) in [5.74, 6) is -0.122. The predicted octanol–water partition coefficient (Wildman–Crippen LogP) is 1.92. The van der Waals surface area contributed by atoms with E-state index in [0.29, 0.717) is 30.2 Å². The number of benzene rings is 1. The molecule has 4 rings (SSSR count). The highest BCUT2D eigenvalue weighted by molar-refractivity contribution is 7.89. The Morgan fingerprint density at radius 2 is 2.03 bits per heavy atom. The number of esters is 1. The first-order valence-electron chi connectivity index (χ1n) is 10.4. The lowest BCUT2D eigenvalue weighted by Gasteiger charge is -2.32. The molecule has 0 atom stereocenters. The van der Waals surface area contributed by atoms with Crippen molar-refractivity contribution in [3.05, 3.63) is 28.9 Å². The first-order valence-corrected chi connectivity index (χ1v) is 12.2. The van der Waals surface area contributed by atoms with Gasteiger partial charge >= 0.3 is 5.97 Å². The van der Waals surface area contributed by atoms with Crippen LogP contribution in [0, 0.1) is 12.8 Å². The van der Waals surface area contributed by atoms with Crippen molar-refractivity contribution in [2.45, 2.75) is 38.1 Å². The molecule has 3 heterocycles. The molecule has 0 unspecified atom stereocenters. The molecule has 1 aromatic heterocycles. The van der Waals surface area contributed by atoms with Crippen molar-refractivity contribution in [1.29, 1.82) is 0 Å². The number of rotatable bonds is 6. The molecule has 0 aliphatic carbocycles. The zero-order valence-corrected chi connectivity index (χ0v) is 19.7. The molecule has 13 heteroatoms. The molecule has 0 N–H and O–H groups in total. The standard InChI is InChI=1S/C20H23ClN4O7S/c1-3-30-20(27)13-4-6-24(7-5-13)33(28,29)17-9-16-15(8-14(17)21)25(19(26)11-31-16)10-18-22-12(2)32-23-18/h8-9,13H,3-7,10-11H2,1-2H3. The van der Waals surface area contributed by atoms with Crippen LogP contribution in [-0.4, -0.2) is 61.0 Å². The molecule has 178 valence electrons. The first kappa shape index (κ1) is 23.5. The van der Waals surface area contributed by atoms with E-state index in [0.717, 1.165) is 0 Å². The number of hydrogen-bond donors (Lipinski definition) is 0. The third-order valence-corrected chi connectivity index (χ3v) is 7.88. The molecule has 33 heavy (non-hydrogen) atoms. The minimum absolute atomic E-state index is 0.0241. The van der Waals surface area contributed by atoms with Crippen LogP contribution < -0.4 is 9.64 Å². The number of anilines is 1. The molecule has 0 bridgehead atoms. The summed E-state index contributed by atoms with van der Waals surface area (Å²) >= 11 is 6.38. The molecule has 2 aliphatic rings. The number of amides is 1. The van der Waals surface area contributed by atoms with E-state index < -0.39 is 10.0 Å². The van der Waals surface area contributed by atoms with Gasteiger partial charge in [0, 0.05) is 26.1 Å². The molecular weight excluding hydrogens is 476 g/mol. The first-order chi connectivity index (χ1) is 15.7. The fraction of sp³-hybridized carbons (Fsp3) is 0.500. The molecule has 0 saturated carbocycles. The van der Waals surface area contributed by atoms with Gasteiger partial charge in [0.2, 0.25) is 15.9 Å². The van der Waals surface area contributed by atoms with E-state index >= 15 is 0 Å². The number of fused-ring (bicyclic) bond motifs is 1. The Morgan fingerprint density at radius 1 is 1.30 bits per heavy atom. The number of ether oxygens (including phenoxy) is 2. The van der Waals surface area contributed by atoms with Crippen molar-refractivity contribution in [3.8, 4) is 5.75 Å². The van der Waals surface area contributed by atoms with Crippen LogP contribution in [0.4, 0.5) is 5.69 Å². The third-order valence-electron chi connectivity index (χ3n) is 5.52. The largest absolute Gasteiger partial charge is 0.482 e. The fourth-order valence-corrected chi connectivity index (χ4v) is 5.83. The number of carbonyl (C=O) groups excluding carboxylic acids is 2. The van der Waals surface area contributed by atoms with Gasteiger partial charge in [0.15, 0.2) is 12.4 Å². The van der Waals surface area contributed by atoms with Crippen molar-refractivity contribution >= 4 is 39.2 Å². The topological polar surface area (TPSA) is 132 Å². The zero-order valence-electron chi connectivity index (χ0n) is 18.1. The van der Waals surface area contributed by atoms with Crippen LogP contribution in [0.25, 0.3) is 0 Å². The molecule has 1 fully saturated rings. The van der Waals surface area contributed by atoms with Gasteiger partial charge in [-0.25, -0.2) is 8.42 Å². The number of sulfonamides is 1. The summed E-state index contributed by atoms with van der Waals surface area (Å²) in [7, 11) is -3.95. The maximum absolute atomic E-state index is 13.3. The SMILES string of the molecule is CCOC(=O)C1CCN(S(=O)(=O)c2cc3c(cc2Cl)N(Cc2noc(C)n2)C(=O)CO3)CC1. The Balaban J connectivity index is 1.57. The lowest BCUT2D eigenvalue weighted by molar-refractivity contribution is -0.149. The van der Waals surface area contributed by atoms with E-state index in [2.05, 4.69) is 10.1 Å². The van der Waals surface area contributed by atoms with E-state index in [1.807, 2.05) is 0 Å². The van der Waals surface area contributed by atoms with Crippen LogP contribution in [0.5, 0.6) is 5.75 Å². The lowest BCUT2D eigenvalue weighted by Crippen LogP contribution is -2.41. The second kappa shape index (κ2) is 9.27. The molecule has 0 radical (unpaired) electrons. The predicted molar refractivity (Wildman–Crippen MR) is 115 cm³/mol. The maximum Gasteiger partial charge on any atom is 0.309 e. The number of carbonyl (C=O) groups is 2. The molecule has 2 aliphatic heterocycles. The van der Waals surface area contributed by atoms with Gasteiger partial charge < -0.3 is 14.0 Å². The zero-order chi connectivity index (χ0) is 23.8. The minimum atomic E-state index is -3.95. The van der Waals surface area contributed by atoms with Crippen molar-refractivity contribution < 1.29 is 32.0 Å². The number of hydrogen-bond acceptors (Lipinski definition) is 9. The Hall–Kier alpha value is -2.70. The van der Waals surface area contributed by atoms with Crippen LogP contribution in [0.2, 0.25) is 5.02 Å². The van der Waals surface area contributed by atoms with E-state index in [9.17, 15) is 18.0 Å². The number of aryl methyl sites for hydroxylation is 1. The Labute approximate surface area is 195 Å². The summed E-state index contributed by atoms with van der Waals surface area (Å²) in [6.45, 7) is 3.74. The monoisotopic (exact) mass is 498 g/mol. The fourth-order valence-electron chi connectivity index (χ4n) is 3.85. The van der Waals surface area contributed by atoms with Gasteiger partial charge in [-0.2, -0.15) is 9.29 Å². The van der Waals surface area contributed by atoms with E-state index in [-0.39, 0.29) is 66.3 Å². The highest BCUT2D eigenvalue weighted by Crippen LogP contribution is 2.40. The Morgan fingerprint density at radius 3 is 2.67 bits per heavy atom. The van der Waals surface area contributed by atoms with Gasteiger partial charge in [-0.1, -0.05) is 16.8 Å². The Bertz CT molecular complexity index is 1180. The third kappa shape index (κ3) is 4.68.